The Kier molecular flexibility index (Phi) is 5.83. The topological polar surface area (TPSA) is 77.6 Å². The maximum Gasteiger partial charge on any atom is 0.241 e. The Morgan fingerprint density at radius 3 is 2.70 bits per heavy atom. The van der Waals surface area contributed by atoms with Gasteiger partial charge in [-0.3, -0.25) is 20.0 Å². The predicted octanol–water partition coefficient (Wildman–Crippen LogP) is 1.46. The molecular formula is C23H29N5O2. The number of carbonyl (C=O) groups is 2. The molecule has 2 saturated heterocycles. The number of aromatic nitrogens is 1. The molecule has 0 aliphatic carbocycles. The summed E-state index contributed by atoms with van der Waals surface area (Å²) in [5, 5.41) is 0. The van der Waals surface area contributed by atoms with Gasteiger partial charge in [0.15, 0.2) is 0 Å². The first-order valence-electron chi connectivity index (χ1n) is 10.5. The van der Waals surface area contributed by atoms with Gasteiger partial charge in [0.25, 0.3) is 0 Å². The fourth-order valence-corrected chi connectivity index (χ4v) is 4.61. The van der Waals surface area contributed by atoms with Crippen molar-refractivity contribution in [2.24, 2.45) is 5.41 Å². The monoisotopic (exact) mass is 407 g/mol. The first kappa shape index (κ1) is 20.5. The molecule has 2 unspecified atom stereocenters. The molecule has 2 fully saturated rings. The number of benzene rings is 1. The molecule has 1 aromatic heterocycles. The summed E-state index contributed by atoms with van der Waals surface area (Å²) < 4.78 is 0. The van der Waals surface area contributed by atoms with Crippen molar-refractivity contribution in [1.82, 2.24) is 25.6 Å². The second-order valence-corrected chi connectivity index (χ2v) is 8.52. The van der Waals surface area contributed by atoms with Gasteiger partial charge in [-0.25, -0.2) is 5.43 Å². The Labute approximate surface area is 177 Å². The Hall–Kier alpha value is -2.77. The third-order valence-corrected chi connectivity index (χ3v) is 6.14. The quantitative estimate of drug-likeness (QED) is 0.785. The number of pyridine rings is 1. The molecule has 2 aliphatic heterocycles. The first-order chi connectivity index (χ1) is 14.5. The molecule has 7 heteroatoms. The van der Waals surface area contributed by atoms with E-state index in [1.54, 1.807) is 31.4 Å². The van der Waals surface area contributed by atoms with Crippen LogP contribution in [0.15, 0.2) is 48.8 Å². The highest BCUT2D eigenvalue weighted by atomic mass is 16.2. The van der Waals surface area contributed by atoms with E-state index in [2.05, 4.69) is 34.0 Å². The van der Waals surface area contributed by atoms with E-state index in [4.69, 9.17) is 0 Å². The van der Waals surface area contributed by atoms with Gasteiger partial charge in [0, 0.05) is 46.1 Å². The van der Waals surface area contributed by atoms with Crippen LogP contribution in [-0.4, -0.2) is 66.4 Å². The number of likely N-dealkylation sites (tertiary alicyclic amines) is 1. The van der Waals surface area contributed by atoms with E-state index in [1.807, 2.05) is 23.1 Å². The van der Waals surface area contributed by atoms with E-state index in [9.17, 15) is 9.59 Å². The van der Waals surface area contributed by atoms with Crippen molar-refractivity contribution in [2.75, 3.05) is 33.7 Å². The Morgan fingerprint density at radius 1 is 1.20 bits per heavy atom. The van der Waals surface area contributed by atoms with Gasteiger partial charge in [0.2, 0.25) is 11.8 Å². The van der Waals surface area contributed by atoms with Crippen molar-refractivity contribution in [1.29, 1.82) is 0 Å². The largest absolute Gasteiger partial charge is 0.348 e. The summed E-state index contributed by atoms with van der Waals surface area (Å²) in [7, 11) is 3.59. The molecule has 4 rings (SSSR count). The molecule has 2 amide bonds. The van der Waals surface area contributed by atoms with Gasteiger partial charge in [0.1, 0.15) is 6.04 Å². The number of amides is 2. The lowest BCUT2D eigenvalue weighted by atomic mass is 9.79. The molecule has 0 bridgehead atoms. The van der Waals surface area contributed by atoms with E-state index in [0.717, 1.165) is 29.7 Å². The molecule has 2 atom stereocenters. The fraction of sp³-hybridized carbons (Fsp3) is 0.435. The summed E-state index contributed by atoms with van der Waals surface area (Å²) in [4.78, 5) is 33.8. The zero-order chi connectivity index (χ0) is 21.1. The highest BCUT2D eigenvalue weighted by Crippen LogP contribution is 2.37. The summed E-state index contributed by atoms with van der Waals surface area (Å²) in [5.74, 6) is 0.170. The van der Waals surface area contributed by atoms with E-state index in [0.29, 0.717) is 25.9 Å². The molecule has 1 aromatic carbocycles. The van der Waals surface area contributed by atoms with Crippen molar-refractivity contribution in [3.63, 3.8) is 0 Å². The van der Waals surface area contributed by atoms with E-state index in [-0.39, 0.29) is 17.9 Å². The van der Waals surface area contributed by atoms with E-state index >= 15 is 0 Å². The van der Waals surface area contributed by atoms with Gasteiger partial charge in [0.05, 0.1) is 5.41 Å². The van der Waals surface area contributed by atoms with Gasteiger partial charge in [-0.15, -0.1) is 0 Å². The van der Waals surface area contributed by atoms with Crippen LogP contribution in [0.3, 0.4) is 0 Å². The molecule has 3 heterocycles. The van der Waals surface area contributed by atoms with Crippen LogP contribution in [0.4, 0.5) is 0 Å². The third kappa shape index (κ3) is 4.08. The molecule has 0 spiro atoms. The van der Waals surface area contributed by atoms with Gasteiger partial charge in [-0.05, 0) is 48.1 Å². The molecule has 30 heavy (non-hydrogen) atoms. The highest BCUT2D eigenvalue weighted by Gasteiger charge is 2.47. The molecule has 2 aliphatic rings. The Bertz CT molecular complexity index is 911. The second-order valence-electron chi connectivity index (χ2n) is 8.52. The van der Waals surface area contributed by atoms with Crippen LogP contribution in [0.2, 0.25) is 0 Å². The number of rotatable bonds is 5. The summed E-state index contributed by atoms with van der Waals surface area (Å²) in [6.45, 7) is 1.86. The molecule has 0 radical (unpaired) electrons. The summed E-state index contributed by atoms with van der Waals surface area (Å²) in [5.41, 5.74) is 8.79. The summed E-state index contributed by atoms with van der Waals surface area (Å²) in [6, 6.07) is 12.1. The number of hydrogen-bond donors (Lipinski definition) is 2. The normalized spacial score (nSPS) is 23.5. The zero-order valence-electron chi connectivity index (χ0n) is 17.6. The molecule has 2 N–H and O–H groups in total. The minimum absolute atomic E-state index is 0.0824. The van der Waals surface area contributed by atoms with Crippen LogP contribution in [0.1, 0.15) is 18.4 Å². The van der Waals surface area contributed by atoms with Crippen LogP contribution in [0, 0.1) is 5.41 Å². The lowest BCUT2D eigenvalue weighted by molar-refractivity contribution is -0.140. The van der Waals surface area contributed by atoms with Crippen LogP contribution in [0.25, 0.3) is 11.1 Å². The lowest BCUT2D eigenvalue weighted by Crippen LogP contribution is -2.48. The Morgan fingerprint density at radius 2 is 2.00 bits per heavy atom. The smallest absolute Gasteiger partial charge is 0.241 e. The summed E-state index contributed by atoms with van der Waals surface area (Å²) >= 11 is 0. The van der Waals surface area contributed by atoms with Crippen molar-refractivity contribution in [3.8, 4) is 11.1 Å². The third-order valence-electron chi connectivity index (χ3n) is 6.14. The van der Waals surface area contributed by atoms with Crippen molar-refractivity contribution < 1.29 is 9.59 Å². The predicted molar refractivity (Wildman–Crippen MR) is 115 cm³/mol. The standard InChI is InChI=1S/C23H29N5O2/c1-27(2)22(30)23(9-13-28(16-23)21(29)20-8-12-25-26-20)15-17-4-3-5-19(14-17)18-6-10-24-11-7-18/h3-7,10-11,14,20,25-26H,8-9,12-13,15-16H2,1-2H3. The van der Waals surface area contributed by atoms with E-state index < -0.39 is 5.41 Å². The van der Waals surface area contributed by atoms with Crippen LogP contribution < -0.4 is 10.9 Å². The van der Waals surface area contributed by atoms with Crippen molar-refractivity contribution in [3.05, 3.63) is 54.4 Å². The zero-order valence-corrected chi connectivity index (χ0v) is 17.6. The van der Waals surface area contributed by atoms with Crippen LogP contribution >= 0.6 is 0 Å². The highest BCUT2D eigenvalue weighted by molar-refractivity contribution is 5.87. The first-order valence-corrected chi connectivity index (χ1v) is 10.5. The SMILES string of the molecule is CN(C)C(=O)C1(Cc2cccc(-c3ccncc3)c2)CCN(C(=O)C2CCNN2)C1. The molecule has 7 nitrogen and oxygen atoms in total. The Balaban J connectivity index is 1.58. The fourth-order valence-electron chi connectivity index (χ4n) is 4.61. The maximum atomic E-state index is 13.3. The lowest BCUT2D eigenvalue weighted by Gasteiger charge is -2.31. The maximum absolute atomic E-state index is 13.3. The summed E-state index contributed by atoms with van der Waals surface area (Å²) in [6.07, 6.45) is 5.63. The average molecular weight is 408 g/mol. The minimum atomic E-state index is -0.595. The van der Waals surface area contributed by atoms with Crippen LogP contribution in [-0.2, 0) is 16.0 Å². The molecule has 158 valence electrons. The van der Waals surface area contributed by atoms with Gasteiger partial charge >= 0.3 is 0 Å². The number of nitrogens with one attached hydrogen (secondary N) is 2. The van der Waals surface area contributed by atoms with Crippen LogP contribution in [0.5, 0.6) is 0 Å². The van der Waals surface area contributed by atoms with Gasteiger partial charge in [-0.2, -0.15) is 0 Å². The van der Waals surface area contributed by atoms with Crippen molar-refractivity contribution >= 4 is 11.8 Å². The number of hydrazine groups is 1. The van der Waals surface area contributed by atoms with Crippen molar-refractivity contribution in [2.45, 2.75) is 25.3 Å². The van der Waals surface area contributed by atoms with Gasteiger partial charge < -0.3 is 9.80 Å². The number of carbonyl (C=O) groups excluding carboxylic acids is 2. The number of nitrogens with zero attached hydrogens (tertiary/aromatic N) is 3. The van der Waals surface area contributed by atoms with E-state index in [1.165, 1.54) is 0 Å². The second kappa shape index (κ2) is 8.53. The average Bonchev–Trinajstić information content (AvgIpc) is 3.45. The minimum Gasteiger partial charge on any atom is -0.348 e. The number of hydrogen-bond acceptors (Lipinski definition) is 5. The molecule has 0 saturated carbocycles. The van der Waals surface area contributed by atoms with Gasteiger partial charge in [-0.1, -0.05) is 24.3 Å². The molecule has 2 aromatic rings. The molecular weight excluding hydrogens is 378 g/mol.